The molecule has 2 heterocycles. The predicted molar refractivity (Wildman–Crippen MR) is 179 cm³/mol. The van der Waals surface area contributed by atoms with Crippen LogP contribution in [-0.2, 0) is 6.18 Å². The van der Waals surface area contributed by atoms with E-state index in [-0.39, 0.29) is 0 Å². The van der Waals surface area contributed by atoms with Crippen molar-refractivity contribution in [3.63, 3.8) is 0 Å². The number of rotatable bonds is 5. The van der Waals surface area contributed by atoms with Crippen LogP contribution in [0.2, 0.25) is 0 Å². The third-order valence-corrected chi connectivity index (χ3v) is 8.48. The number of hydrogen-bond acceptors (Lipinski definition) is 1. The molecule has 0 aliphatic heterocycles. The first kappa shape index (κ1) is 27.7. The Kier molecular flexibility index (Phi) is 6.57. The minimum Gasteiger partial charge on any atom is -0.309 e. The summed E-state index contributed by atoms with van der Waals surface area (Å²) in [5.41, 5.74) is 8.70. The molecular weight excluding hydrogens is 579 g/mol. The zero-order valence-corrected chi connectivity index (χ0v) is 24.5. The first-order valence-corrected chi connectivity index (χ1v) is 15.0. The van der Waals surface area contributed by atoms with Gasteiger partial charge in [0.25, 0.3) is 0 Å². The van der Waals surface area contributed by atoms with Crippen molar-refractivity contribution in [3.05, 3.63) is 164 Å². The average molecular weight is 606 g/mol. The normalized spacial score (nSPS) is 11.8. The largest absolute Gasteiger partial charge is 0.435 e. The van der Waals surface area contributed by atoms with Gasteiger partial charge in [-0.3, -0.25) is 0 Å². The highest BCUT2D eigenvalue weighted by Crippen LogP contribution is 2.43. The number of hydrogen-bond donors (Lipinski definition) is 0. The lowest BCUT2D eigenvalue weighted by molar-refractivity contribution is -0.141. The lowest BCUT2D eigenvalue weighted by Crippen LogP contribution is -2.07. The van der Waals surface area contributed by atoms with E-state index in [9.17, 15) is 13.2 Å². The van der Waals surface area contributed by atoms with Crippen LogP contribution in [-0.4, -0.2) is 14.3 Å². The molecule has 0 radical (unpaired) electrons. The molecule has 6 aromatic carbocycles. The molecule has 0 bridgehead atoms. The van der Waals surface area contributed by atoms with Crippen molar-refractivity contribution < 1.29 is 13.2 Å². The third kappa shape index (κ3) is 4.58. The van der Waals surface area contributed by atoms with Gasteiger partial charge in [0.1, 0.15) is 0 Å². The maximum Gasteiger partial charge on any atom is 0.435 e. The highest BCUT2D eigenvalue weighted by atomic mass is 19.4. The van der Waals surface area contributed by atoms with Crippen LogP contribution in [0.1, 0.15) is 5.69 Å². The summed E-state index contributed by atoms with van der Waals surface area (Å²) in [6, 6.07) is 50.1. The summed E-state index contributed by atoms with van der Waals surface area (Å²) in [4.78, 5) is 0. The van der Waals surface area contributed by atoms with Gasteiger partial charge in [0.2, 0.25) is 0 Å². The second kappa shape index (κ2) is 10.9. The van der Waals surface area contributed by atoms with Crippen molar-refractivity contribution in [2.45, 2.75) is 6.18 Å². The van der Waals surface area contributed by atoms with E-state index in [1.807, 2.05) is 48.5 Å². The molecule has 2 aromatic heterocycles. The fraction of sp³-hybridized carbons (Fsp3) is 0.0250. The molecule has 0 aliphatic rings. The molecular formula is C40H26F3N3. The molecule has 6 heteroatoms. The Bertz CT molecular complexity index is 2330. The highest BCUT2D eigenvalue weighted by molar-refractivity contribution is 6.10. The van der Waals surface area contributed by atoms with Crippen molar-refractivity contribution in [1.82, 2.24) is 14.3 Å². The number of aromatic nitrogens is 3. The quantitative estimate of drug-likeness (QED) is 0.191. The fourth-order valence-corrected chi connectivity index (χ4v) is 6.49. The Morgan fingerprint density at radius 3 is 1.30 bits per heavy atom. The fourth-order valence-electron chi connectivity index (χ4n) is 6.49. The summed E-state index contributed by atoms with van der Waals surface area (Å²) >= 11 is 0. The van der Waals surface area contributed by atoms with Crippen LogP contribution >= 0.6 is 0 Å². The van der Waals surface area contributed by atoms with E-state index in [2.05, 4.69) is 101 Å². The van der Waals surface area contributed by atoms with Gasteiger partial charge in [-0.2, -0.15) is 18.3 Å². The van der Waals surface area contributed by atoms with E-state index in [1.165, 1.54) is 21.7 Å². The number of nitrogens with zero attached hydrogens (tertiary/aromatic N) is 3. The van der Waals surface area contributed by atoms with Crippen LogP contribution < -0.4 is 0 Å². The molecule has 8 rings (SSSR count). The first-order valence-electron chi connectivity index (χ1n) is 15.0. The van der Waals surface area contributed by atoms with Gasteiger partial charge in [-0.25, -0.2) is 4.68 Å². The molecule has 0 unspecified atom stereocenters. The summed E-state index contributed by atoms with van der Waals surface area (Å²) in [7, 11) is 0. The van der Waals surface area contributed by atoms with Crippen LogP contribution in [0.4, 0.5) is 13.2 Å². The molecule has 0 amide bonds. The van der Waals surface area contributed by atoms with Crippen LogP contribution in [0, 0.1) is 0 Å². The highest BCUT2D eigenvalue weighted by Gasteiger charge is 2.34. The van der Waals surface area contributed by atoms with Crippen molar-refractivity contribution >= 4 is 21.8 Å². The van der Waals surface area contributed by atoms with Gasteiger partial charge in [0.05, 0.1) is 22.4 Å². The summed E-state index contributed by atoms with van der Waals surface area (Å²) in [5, 5.41) is 6.26. The van der Waals surface area contributed by atoms with Crippen LogP contribution in [0.5, 0.6) is 0 Å². The van der Waals surface area contributed by atoms with E-state index in [1.54, 1.807) is 6.07 Å². The Morgan fingerprint density at radius 1 is 0.413 bits per heavy atom. The number of halogens is 3. The van der Waals surface area contributed by atoms with Crippen molar-refractivity contribution in [2.75, 3.05) is 0 Å². The topological polar surface area (TPSA) is 22.8 Å². The second-order valence-corrected chi connectivity index (χ2v) is 11.1. The maximum absolute atomic E-state index is 13.5. The zero-order chi connectivity index (χ0) is 31.3. The summed E-state index contributed by atoms with van der Waals surface area (Å²) in [6.45, 7) is 0. The van der Waals surface area contributed by atoms with Crippen LogP contribution in [0.15, 0.2) is 158 Å². The Hall–Kier alpha value is -5.88. The monoisotopic (exact) mass is 605 g/mol. The Morgan fingerprint density at radius 2 is 0.804 bits per heavy atom. The molecule has 0 fully saturated rings. The average Bonchev–Trinajstić information content (AvgIpc) is 3.73. The third-order valence-electron chi connectivity index (χ3n) is 8.48. The standard InChI is InChI=1S/C40H26F3N3/c41-40(42,43)39-25-26-45(44-39)35-21-9-5-17-31(35)29-15-3-1-13-27(29)28-14-2-4-16-30(28)32-18-6-10-22-36(32)46-37-23-11-7-19-33(37)34-20-8-12-24-38(34)46/h1-26H. The Labute approximate surface area is 263 Å². The minimum absolute atomic E-state index is 0.564. The van der Waals surface area contributed by atoms with Gasteiger partial charge in [-0.05, 0) is 52.6 Å². The van der Waals surface area contributed by atoms with Gasteiger partial charge in [0, 0.05) is 28.1 Å². The first-order chi connectivity index (χ1) is 22.5. The van der Waals surface area contributed by atoms with Crippen molar-refractivity contribution in [3.8, 4) is 44.8 Å². The molecule has 0 saturated heterocycles. The summed E-state index contributed by atoms with van der Waals surface area (Å²) in [5.74, 6) is 0. The van der Waals surface area contributed by atoms with E-state index < -0.39 is 11.9 Å². The number of benzene rings is 6. The number of fused-ring (bicyclic) bond motifs is 3. The van der Waals surface area contributed by atoms with Crippen molar-refractivity contribution in [2.24, 2.45) is 0 Å². The van der Waals surface area contributed by atoms with E-state index in [4.69, 9.17) is 0 Å². The maximum atomic E-state index is 13.5. The van der Waals surface area contributed by atoms with E-state index in [0.29, 0.717) is 5.69 Å². The molecule has 0 aliphatic carbocycles. The Balaban J connectivity index is 1.33. The summed E-state index contributed by atoms with van der Waals surface area (Å²) < 4.78 is 44.0. The second-order valence-electron chi connectivity index (χ2n) is 11.1. The van der Waals surface area contributed by atoms with Crippen LogP contribution in [0.25, 0.3) is 66.6 Å². The zero-order valence-electron chi connectivity index (χ0n) is 24.5. The molecule has 46 heavy (non-hydrogen) atoms. The molecule has 8 aromatic rings. The summed E-state index contributed by atoms with van der Waals surface area (Å²) in [6.07, 6.45) is -3.17. The van der Waals surface area contributed by atoms with E-state index in [0.717, 1.165) is 56.2 Å². The molecule has 0 atom stereocenters. The molecule has 0 N–H and O–H groups in total. The molecule has 222 valence electrons. The van der Waals surface area contributed by atoms with Gasteiger partial charge in [0.15, 0.2) is 5.69 Å². The number of alkyl halides is 3. The van der Waals surface area contributed by atoms with Gasteiger partial charge in [-0.15, -0.1) is 0 Å². The van der Waals surface area contributed by atoms with Crippen molar-refractivity contribution in [1.29, 1.82) is 0 Å². The van der Waals surface area contributed by atoms with E-state index >= 15 is 0 Å². The van der Waals surface area contributed by atoms with Crippen LogP contribution in [0.3, 0.4) is 0 Å². The predicted octanol–water partition coefficient (Wildman–Crippen LogP) is 11.0. The number of para-hydroxylation sites is 4. The minimum atomic E-state index is -4.53. The molecule has 0 spiro atoms. The van der Waals surface area contributed by atoms with Gasteiger partial charge < -0.3 is 4.57 Å². The smallest absolute Gasteiger partial charge is 0.309 e. The SMILES string of the molecule is FC(F)(F)c1ccn(-c2ccccc2-c2ccccc2-c2ccccc2-c2ccccc2-n2c3ccccc3c3ccccc32)n1. The lowest BCUT2D eigenvalue weighted by Gasteiger charge is -2.19. The lowest BCUT2D eigenvalue weighted by atomic mass is 9.88. The van der Waals surface area contributed by atoms with Gasteiger partial charge >= 0.3 is 6.18 Å². The molecule has 3 nitrogen and oxygen atoms in total. The molecule has 0 saturated carbocycles. The van der Waals surface area contributed by atoms with Gasteiger partial charge in [-0.1, -0.05) is 121 Å².